The maximum absolute atomic E-state index is 12.0. The van der Waals surface area contributed by atoms with E-state index in [1.165, 1.54) is 14.2 Å². The second-order valence-electron chi connectivity index (χ2n) is 10.2. The number of rotatable bonds is 6. The summed E-state index contributed by atoms with van der Waals surface area (Å²) in [5.41, 5.74) is 9.17. The number of carbonyl (C=O) groups is 2. The molecule has 8 nitrogen and oxygen atoms in total. The first kappa shape index (κ1) is 30.3. The monoisotopic (exact) mass is 560 g/mol. The molecule has 0 fully saturated rings. The average Bonchev–Trinajstić information content (AvgIpc) is 3.62. The fourth-order valence-corrected chi connectivity index (χ4v) is 5.15. The van der Waals surface area contributed by atoms with Crippen molar-refractivity contribution < 1.29 is 19.1 Å². The van der Waals surface area contributed by atoms with Crippen molar-refractivity contribution in [1.29, 1.82) is 0 Å². The van der Waals surface area contributed by atoms with Crippen LogP contribution in [0.1, 0.15) is 69.0 Å². The summed E-state index contributed by atoms with van der Waals surface area (Å²) >= 11 is 0. The van der Waals surface area contributed by atoms with E-state index in [1.54, 1.807) is 0 Å². The number of aryl methyl sites for hydroxylation is 2. The maximum Gasteiger partial charge on any atom is 2.00 e. The van der Waals surface area contributed by atoms with E-state index in [2.05, 4.69) is 0 Å². The van der Waals surface area contributed by atoms with Gasteiger partial charge in [-0.2, -0.15) is 0 Å². The molecule has 0 amide bonds. The van der Waals surface area contributed by atoms with Crippen molar-refractivity contribution in [2.75, 3.05) is 14.2 Å². The van der Waals surface area contributed by atoms with Crippen LogP contribution in [0.5, 0.6) is 0 Å². The number of hydrogen-bond acceptors (Lipinski definition) is 4. The van der Waals surface area contributed by atoms with Crippen LogP contribution in [0.25, 0.3) is 24.3 Å². The van der Waals surface area contributed by atoms with Crippen molar-refractivity contribution in [2.24, 2.45) is 0 Å². The van der Waals surface area contributed by atoms with Crippen LogP contribution >= 0.6 is 0 Å². The van der Waals surface area contributed by atoms with E-state index in [-0.39, 0.29) is 47.8 Å². The first-order chi connectivity index (χ1) is 19.2. The van der Waals surface area contributed by atoms with Crippen molar-refractivity contribution in [2.45, 2.75) is 53.4 Å². The summed E-state index contributed by atoms with van der Waals surface area (Å²) in [5.74, 6) is -0.558. The van der Waals surface area contributed by atoms with Gasteiger partial charge in [-0.05, 0) is 40.5 Å². The molecule has 0 saturated heterocycles. The molecule has 0 spiro atoms. The van der Waals surface area contributed by atoms with Gasteiger partial charge in [0.25, 0.3) is 0 Å². The summed E-state index contributed by atoms with van der Waals surface area (Å²) in [6.45, 7) is 8.10. The fourth-order valence-electron chi connectivity index (χ4n) is 5.15. The van der Waals surface area contributed by atoms with Gasteiger partial charge in [0.15, 0.2) is 0 Å². The van der Waals surface area contributed by atoms with E-state index < -0.39 is 0 Å². The Morgan fingerprint density at radius 3 is 1.98 bits per heavy atom. The van der Waals surface area contributed by atoms with E-state index in [9.17, 15) is 9.59 Å². The molecule has 0 aliphatic carbocycles. The van der Waals surface area contributed by atoms with Gasteiger partial charge in [-0.1, -0.05) is 69.8 Å². The molecule has 208 valence electrons. The molecular formula is C32H32MgN4O4-2. The number of nitrogens with zero attached hydrogens (tertiary/aromatic N) is 4. The van der Waals surface area contributed by atoms with Crippen molar-refractivity contribution in [3.05, 3.63) is 89.7 Å². The molecule has 9 heteroatoms. The Hall–Kier alpha value is -3.69. The van der Waals surface area contributed by atoms with E-state index in [0.717, 1.165) is 77.6 Å². The number of fused-ring (bicyclic) bond motifs is 8. The van der Waals surface area contributed by atoms with Gasteiger partial charge in [-0.3, -0.25) is 9.59 Å². The van der Waals surface area contributed by atoms with Gasteiger partial charge in [0.05, 0.1) is 14.2 Å². The molecule has 0 atom stereocenters. The standard InChI is InChI=1S/C32H32N4O4.Mg/c1-17-11-22-14-27-19(3)23(7-9-31(37)39-5)29(35-27)16-30-24(8-10-32(38)40-6)20(4)28(36-30)15-26-18(2)12-21(34-26)13-25(17)33-22;/h11-16H,7-10H2,1-6H3;/q-4;+2/b21-13?,22-14-,25-13-,26-15?,27-14?,28-15-,29-16?,30-16-;. The van der Waals surface area contributed by atoms with Crippen molar-refractivity contribution in [3.63, 3.8) is 0 Å². The number of ether oxygens (including phenoxy) is 2. The van der Waals surface area contributed by atoms with E-state index >= 15 is 0 Å². The average molecular weight is 561 g/mol. The Bertz CT molecular complexity index is 1870. The number of hydrogen-bond donors (Lipinski definition) is 0. The molecular weight excluding hydrogens is 529 g/mol. The van der Waals surface area contributed by atoms with Gasteiger partial charge < -0.3 is 29.4 Å². The normalized spacial score (nSPS) is 15.2. The molecule has 41 heavy (non-hydrogen) atoms. The number of carbonyl (C=O) groups excluding carboxylic acids is 2. The number of esters is 2. The van der Waals surface area contributed by atoms with Crippen molar-refractivity contribution >= 4 is 59.3 Å². The third-order valence-corrected chi connectivity index (χ3v) is 7.54. The van der Waals surface area contributed by atoms with Crippen LogP contribution < -0.4 is 41.3 Å². The summed E-state index contributed by atoms with van der Waals surface area (Å²) in [5, 5.41) is 3.20. The Morgan fingerprint density at radius 2 is 1.29 bits per heavy atom. The number of methoxy groups -OCH3 is 2. The first-order valence-electron chi connectivity index (χ1n) is 13.3. The van der Waals surface area contributed by atoms with Crippen molar-refractivity contribution in [3.8, 4) is 0 Å². The predicted molar refractivity (Wildman–Crippen MR) is 157 cm³/mol. The van der Waals surface area contributed by atoms with E-state index in [0.29, 0.717) is 12.8 Å². The molecule has 5 heterocycles. The molecule has 5 rings (SSSR count). The SMILES string of the molecule is COC(=O)CCc1c2[n-]c(c1C)/C=c1/cc(C)/c([n-]1)=C/c1cc(C)c([n-]1)/C=c1\[n-]/c(c(CCC(=O)OC)c1C)=C\2.[Mg+2]. The van der Waals surface area contributed by atoms with Crippen LogP contribution in [0, 0.1) is 27.7 Å². The minimum Gasteiger partial charge on any atom is -0.658 e. The summed E-state index contributed by atoms with van der Waals surface area (Å²) in [6, 6.07) is 4.09. The Labute approximate surface area is 254 Å². The number of aromatic nitrogens is 4. The molecule has 0 aromatic carbocycles. The molecule has 1 aliphatic heterocycles. The molecule has 0 radical (unpaired) electrons. The molecule has 4 aromatic rings. The largest absolute Gasteiger partial charge is 2.00 e. The minimum atomic E-state index is -0.279. The first-order valence-corrected chi connectivity index (χ1v) is 13.3. The van der Waals surface area contributed by atoms with Gasteiger partial charge in [0, 0.05) is 12.8 Å². The Kier molecular flexibility index (Phi) is 9.19. The summed E-state index contributed by atoms with van der Waals surface area (Å²) in [7, 11) is 2.79. The van der Waals surface area contributed by atoms with E-state index in [4.69, 9.17) is 29.4 Å². The van der Waals surface area contributed by atoms with Crippen LogP contribution in [0.4, 0.5) is 0 Å². The van der Waals surface area contributed by atoms with E-state index in [1.807, 2.05) is 64.1 Å². The third kappa shape index (κ3) is 6.31. The second kappa shape index (κ2) is 12.4. The summed E-state index contributed by atoms with van der Waals surface area (Å²) < 4.78 is 9.80. The van der Waals surface area contributed by atoms with Gasteiger partial charge in [-0.25, -0.2) is 0 Å². The van der Waals surface area contributed by atoms with Gasteiger partial charge >= 0.3 is 35.0 Å². The molecule has 0 unspecified atom stereocenters. The summed E-state index contributed by atoms with van der Waals surface area (Å²) in [6.07, 6.45) is 9.35. The van der Waals surface area contributed by atoms with Crippen molar-refractivity contribution in [1.82, 2.24) is 19.9 Å². The molecule has 0 N–H and O–H groups in total. The van der Waals surface area contributed by atoms with Gasteiger partial charge in [0.1, 0.15) is 0 Å². The zero-order valence-electron chi connectivity index (χ0n) is 24.4. The smallest absolute Gasteiger partial charge is 0.658 e. The Morgan fingerprint density at radius 1 is 0.634 bits per heavy atom. The van der Waals surface area contributed by atoms with Gasteiger partial charge in [-0.15, -0.1) is 44.2 Å². The third-order valence-electron chi connectivity index (χ3n) is 7.54. The van der Waals surface area contributed by atoms with Crippen LogP contribution in [-0.4, -0.2) is 49.2 Å². The second-order valence-corrected chi connectivity index (χ2v) is 10.2. The zero-order valence-corrected chi connectivity index (χ0v) is 25.8. The molecule has 8 bridgehead atoms. The quantitative estimate of drug-likeness (QED) is 0.214. The maximum atomic E-state index is 12.0. The van der Waals surface area contributed by atoms with Crippen LogP contribution in [0.3, 0.4) is 0 Å². The Balaban J connectivity index is 0.00000387. The summed E-state index contributed by atoms with van der Waals surface area (Å²) in [4.78, 5) is 43.7. The van der Waals surface area contributed by atoms with Crippen LogP contribution in [-0.2, 0) is 31.9 Å². The van der Waals surface area contributed by atoms with Crippen LogP contribution in [0.15, 0.2) is 12.1 Å². The molecule has 0 saturated carbocycles. The predicted octanol–water partition coefficient (Wildman–Crippen LogP) is 0.208. The zero-order chi connectivity index (χ0) is 28.6. The fraction of sp³-hybridized carbons (Fsp3) is 0.312. The minimum absolute atomic E-state index is 0. The molecule has 1 aliphatic rings. The van der Waals surface area contributed by atoms with Crippen LogP contribution in [0.2, 0.25) is 0 Å². The van der Waals surface area contributed by atoms with Gasteiger partial charge in [0.2, 0.25) is 0 Å². The molecule has 4 aromatic heterocycles. The topological polar surface area (TPSA) is 109 Å².